The van der Waals surface area contributed by atoms with Crippen LogP contribution >= 0.6 is 11.3 Å². The maximum Gasteiger partial charge on any atom is 0.225 e. The third-order valence-electron chi connectivity index (χ3n) is 5.87. The molecule has 9 heteroatoms. The summed E-state index contributed by atoms with van der Waals surface area (Å²) in [5.41, 5.74) is 1.16. The van der Waals surface area contributed by atoms with Gasteiger partial charge in [-0.2, -0.15) is 0 Å². The molecule has 1 atom stereocenters. The lowest BCUT2D eigenvalue weighted by Gasteiger charge is -2.18. The molecule has 8 nitrogen and oxygen atoms in total. The Kier molecular flexibility index (Phi) is 6.06. The fourth-order valence-electron chi connectivity index (χ4n) is 4.08. The van der Waals surface area contributed by atoms with Gasteiger partial charge in [0.25, 0.3) is 0 Å². The highest BCUT2D eigenvalue weighted by atomic mass is 32.1. The van der Waals surface area contributed by atoms with Crippen LogP contribution in [-0.4, -0.2) is 56.9 Å². The number of carbonyl (C=O) groups excluding carboxylic acids is 1. The van der Waals surface area contributed by atoms with Gasteiger partial charge in [-0.15, -0.1) is 21.5 Å². The quantitative estimate of drug-likeness (QED) is 0.635. The molecule has 5 rings (SSSR count). The molecule has 1 aromatic carbocycles. The summed E-state index contributed by atoms with van der Waals surface area (Å²) in [6, 6.07) is 10.3. The highest BCUT2D eigenvalue weighted by Gasteiger charge is 2.24. The number of ether oxygens (including phenoxy) is 1. The Labute approximate surface area is 185 Å². The number of aromatic nitrogens is 4. The predicted octanol–water partition coefficient (Wildman–Crippen LogP) is 2.11. The lowest BCUT2D eigenvalue weighted by molar-refractivity contribution is -0.125. The molecule has 162 valence electrons. The van der Waals surface area contributed by atoms with Crippen molar-refractivity contribution in [2.75, 3.05) is 26.3 Å². The summed E-state index contributed by atoms with van der Waals surface area (Å²) < 4.78 is 7.47. The summed E-state index contributed by atoms with van der Waals surface area (Å²) in [4.78, 5) is 20.6. The molecular weight excluding hydrogens is 412 g/mol. The van der Waals surface area contributed by atoms with Crippen LogP contribution in [0.3, 0.4) is 0 Å². The first-order chi connectivity index (χ1) is 15.3. The molecule has 0 saturated carbocycles. The normalized spacial score (nSPS) is 19.2. The SMILES string of the molecule is O=C(NCc1nnc2n1CCN(Cc1cnc(-c3ccccc3)s1)CC2)[C@H]1CCOC1. The van der Waals surface area contributed by atoms with Crippen molar-refractivity contribution in [1.29, 1.82) is 0 Å². The molecule has 1 N–H and O–H groups in total. The highest BCUT2D eigenvalue weighted by molar-refractivity contribution is 7.15. The van der Waals surface area contributed by atoms with Gasteiger partial charge in [-0.25, -0.2) is 4.98 Å². The number of fused-ring (bicyclic) bond motifs is 1. The van der Waals surface area contributed by atoms with Crippen molar-refractivity contribution >= 4 is 17.2 Å². The number of amides is 1. The van der Waals surface area contributed by atoms with Crippen LogP contribution in [0.15, 0.2) is 36.5 Å². The molecule has 3 aromatic rings. The van der Waals surface area contributed by atoms with Crippen molar-refractivity contribution in [1.82, 2.24) is 30.0 Å². The molecule has 0 aliphatic carbocycles. The molecule has 2 aliphatic rings. The van der Waals surface area contributed by atoms with E-state index < -0.39 is 0 Å². The number of benzene rings is 1. The summed E-state index contributed by atoms with van der Waals surface area (Å²) in [6.45, 7) is 5.16. The van der Waals surface area contributed by atoms with Crippen LogP contribution in [0, 0.1) is 5.92 Å². The van der Waals surface area contributed by atoms with Crippen molar-refractivity contribution in [2.24, 2.45) is 5.92 Å². The second-order valence-electron chi connectivity index (χ2n) is 7.99. The summed E-state index contributed by atoms with van der Waals surface area (Å²) in [7, 11) is 0. The standard InChI is InChI=1S/C22H26N6O2S/c29-21(17-7-11-30-15-17)23-13-20-26-25-19-6-8-27(9-10-28(19)20)14-18-12-24-22(31-18)16-4-2-1-3-5-16/h1-5,12,17H,6-11,13-15H2,(H,23,29)/t17-/m0/s1. The van der Waals surface area contributed by atoms with E-state index in [4.69, 9.17) is 4.74 Å². The Balaban J connectivity index is 1.18. The molecule has 0 unspecified atom stereocenters. The minimum Gasteiger partial charge on any atom is -0.381 e. The third-order valence-corrected chi connectivity index (χ3v) is 6.90. The van der Waals surface area contributed by atoms with Crippen LogP contribution in [0.4, 0.5) is 0 Å². The van der Waals surface area contributed by atoms with Crippen LogP contribution in [0.2, 0.25) is 0 Å². The van der Waals surface area contributed by atoms with Gasteiger partial charge in [0.05, 0.1) is 19.1 Å². The number of thiazole rings is 1. The predicted molar refractivity (Wildman–Crippen MR) is 117 cm³/mol. The van der Waals surface area contributed by atoms with Gasteiger partial charge in [0.15, 0.2) is 5.82 Å². The fraction of sp³-hybridized carbons (Fsp3) is 0.455. The molecule has 4 heterocycles. The first-order valence-electron chi connectivity index (χ1n) is 10.7. The van der Waals surface area contributed by atoms with Crippen LogP contribution in [-0.2, 0) is 35.6 Å². The third kappa shape index (κ3) is 4.68. The van der Waals surface area contributed by atoms with E-state index in [1.807, 2.05) is 24.4 Å². The maximum absolute atomic E-state index is 12.3. The van der Waals surface area contributed by atoms with Gasteiger partial charge >= 0.3 is 0 Å². The topological polar surface area (TPSA) is 85.2 Å². The molecule has 0 bridgehead atoms. The summed E-state index contributed by atoms with van der Waals surface area (Å²) in [5.74, 6) is 1.82. The Morgan fingerprint density at radius 3 is 2.94 bits per heavy atom. The lowest BCUT2D eigenvalue weighted by Crippen LogP contribution is -2.32. The minimum absolute atomic E-state index is 0.0396. The number of hydrogen-bond donors (Lipinski definition) is 1. The van der Waals surface area contributed by atoms with Crippen LogP contribution in [0.1, 0.15) is 22.9 Å². The van der Waals surface area contributed by atoms with E-state index in [0.717, 1.165) is 61.2 Å². The molecule has 0 radical (unpaired) electrons. The van der Waals surface area contributed by atoms with E-state index in [9.17, 15) is 4.79 Å². The molecule has 1 amide bonds. The van der Waals surface area contributed by atoms with Gasteiger partial charge in [0.1, 0.15) is 10.8 Å². The molecule has 1 fully saturated rings. The first-order valence-corrected chi connectivity index (χ1v) is 11.6. The zero-order valence-corrected chi connectivity index (χ0v) is 18.2. The van der Waals surface area contributed by atoms with Gasteiger partial charge in [-0.1, -0.05) is 30.3 Å². The van der Waals surface area contributed by atoms with Gasteiger partial charge in [0, 0.05) is 55.8 Å². The van der Waals surface area contributed by atoms with Crippen molar-refractivity contribution in [2.45, 2.75) is 32.5 Å². The van der Waals surface area contributed by atoms with Gasteiger partial charge < -0.3 is 14.6 Å². The summed E-state index contributed by atoms with van der Waals surface area (Å²) in [6.07, 6.45) is 3.63. The molecule has 31 heavy (non-hydrogen) atoms. The second kappa shape index (κ2) is 9.25. The van der Waals surface area contributed by atoms with Crippen molar-refractivity contribution in [3.05, 3.63) is 53.1 Å². The fourth-order valence-corrected chi connectivity index (χ4v) is 5.04. The first kappa shape index (κ1) is 20.3. The zero-order valence-electron chi connectivity index (χ0n) is 17.4. The van der Waals surface area contributed by atoms with Gasteiger partial charge in [-0.3, -0.25) is 9.69 Å². The monoisotopic (exact) mass is 438 g/mol. The number of carbonyl (C=O) groups is 1. The molecular formula is C22H26N6O2S. The van der Waals surface area contributed by atoms with E-state index >= 15 is 0 Å². The van der Waals surface area contributed by atoms with E-state index in [1.54, 1.807) is 11.3 Å². The Bertz CT molecular complexity index is 1030. The number of nitrogens with zero attached hydrogens (tertiary/aromatic N) is 5. The van der Waals surface area contributed by atoms with E-state index in [-0.39, 0.29) is 11.8 Å². The molecule has 2 aliphatic heterocycles. The van der Waals surface area contributed by atoms with Crippen LogP contribution < -0.4 is 5.32 Å². The Morgan fingerprint density at radius 1 is 1.19 bits per heavy atom. The van der Waals surface area contributed by atoms with E-state index in [2.05, 4.69) is 42.1 Å². The van der Waals surface area contributed by atoms with Crippen LogP contribution in [0.25, 0.3) is 10.6 Å². The largest absolute Gasteiger partial charge is 0.381 e. The Hall–Kier alpha value is -2.62. The number of nitrogens with one attached hydrogen (secondary N) is 1. The van der Waals surface area contributed by atoms with Gasteiger partial charge in [0.2, 0.25) is 5.91 Å². The van der Waals surface area contributed by atoms with Crippen molar-refractivity contribution < 1.29 is 9.53 Å². The molecule has 0 spiro atoms. The molecule has 2 aromatic heterocycles. The van der Waals surface area contributed by atoms with Crippen molar-refractivity contribution in [3.8, 4) is 10.6 Å². The van der Waals surface area contributed by atoms with Crippen molar-refractivity contribution in [3.63, 3.8) is 0 Å². The summed E-state index contributed by atoms with van der Waals surface area (Å²) >= 11 is 1.75. The smallest absolute Gasteiger partial charge is 0.225 e. The lowest BCUT2D eigenvalue weighted by atomic mass is 10.1. The average Bonchev–Trinajstić information content (AvgIpc) is 3.54. The van der Waals surface area contributed by atoms with Gasteiger partial charge in [-0.05, 0) is 6.42 Å². The zero-order chi connectivity index (χ0) is 21.0. The van der Waals surface area contributed by atoms with E-state index in [0.29, 0.717) is 19.8 Å². The molecule has 1 saturated heterocycles. The van der Waals surface area contributed by atoms with E-state index in [1.165, 1.54) is 4.88 Å². The number of rotatable bonds is 6. The minimum atomic E-state index is -0.0396. The number of hydrogen-bond acceptors (Lipinski definition) is 7. The average molecular weight is 439 g/mol. The highest BCUT2D eigenvalue weighted by Crippen LogP contribution is 2.26. The summed E-state index contributed by atoms with van der Waals surface area (Å²) in [5, 5.41) is 12.8. The maximum atomic E-state index is 12.3. The Morgan fingerprint density at radius 2 is 2.10 bits per heavy atom. The van der Waals surface area contributed by atoms with Crippen LogP contribution in [0.5, 0.6) is 0 Å². The second-order valence-corrected chi connectivity index (χ2v) is 9.10.